The molecule has 6 nitrogen and oxygen atoms in total. The number of carbonyl (C=O) groups excluding carboxylic acids is 1. The van der Waals surface area contributed by atoms with Crippen LogP contribution in [0.3, 0.4) is 0 Å². The molecule has 0 radical (unpaired) electrons. The van der Waals surface area contributed by atoms with Crippen molar-refractivity contribution < 1.29 is 9.21 Å². The Morgan fingerprint density at radius 1 is 1.17 bits per heavy atom. The lowest BCUT2D eigenvalue weighted by Gasteiger charge is -2.34. The maximum absolute atomic E-state index is 12.6. The number of thioether (sulfide) groups is 1. The standard InChI is InChI=1S/C21H24N4O2S2/c1-15-3-4-18(16(2)11-15)20-22-23-21(27-20)29-14-19(26)25-8-6-24(7-9-25)12-17-5-10-28-13-17/h3-5,10-11,13H,6-9,12,14H2,1-2H3. The highest BCUT2D eigenvalue weighted by molar-refractivity contribution is 7.99. The second kappa shape index (κ2) is 9.11. The molecule has 1 amide bonds. The third-order valence-corrected chi connectivity index (χ3v) is 6.58. The molecule has 29 heavy (non-hydrogen) atoms. The van der Waals surface area contributed by atoms with Crippen molar-refractivity contribution in [1.29, 1.82) is 0 Å². The van der Waals surface area contributed by atoms with Crippen LogP contribution in [0.4, 0.5) is 0 Å². The Bertz CT molecular complexity index is 963. The van der Waals surface area contributed by atoms with Crippen LogP contribution in [-0.4, -0.2) is 57.8 Å². The van der Waals surface area contributed by atoms with Gasteiger partial charge in [0.15, 0.2) is 0 Å². The molecule has 1 saturated heterocycles. The minimum Gasteiger partial charge on any atom is -0.411 e. The maximum Gasteiger partial charge on any atom is 0.277 e. The van der Waals surface area contributed by atoms with Gasteiger partial charge < -0.3 is 9.32 Å². The van der Waals surface area contributed by atoms with Crippen molar-refractivity contribution >= 4 is 29.0 Å². The van der Waals surface area contributed by atoms with Crippen LogP contribution < -0.4 is 0 Å². The zero-order valence-electron chi connectivity index (χ0n) is 16.6. The van der Waals surface area contributed by atoms with Gasteiger partial charge in [0, 0.05) is 38.3 Å². The number of piperazine rings is 1. The fraction of sp³-hybridized carbons (Fsp3) is 0.381. The summed E-state index contributed by atoms with van der Waals surface area (Å²) < 4.78 is 5.77. The molecule has 3 aromatic rings. The van der Waals surface area contributed by atoms with Gasteiger partial charge in [-0.15, -0.1) is 10.2 Å². The van der Waals surface area contributed by atoms with Crippen LogP contribution in [0.15, 0.2) is 44.7 Å². The van der Waals surface area contributed by atoms with E-state index in [-0.39, 0.29) is 5.91 Å². The molecule has 1 aliphatic heterocycles. The number of carbonyl (C=O) groups is 1. The van der Waals surface area contributed by atoms with E-state index in [1.807, 2.05) is 24.0 Å². The van der Waals surface area contributed by atoms with Gasteiger partial charge >= 0.3 is 0 Å². The largest absolute Gasteiger partial charge is 0.411 e. The average Bonchev–Trinajstić information content (AvgIpc) is 3.39. The van der Waals surface area contributed by atoms with Crippen molar-refractivity contribution in [2.75, 3.05) is 31.9 Å². The van der Waals surface area contributed by atoms with E-state index in [1.165, 1.54) is 22.9 Å². The molecule has 0 spiro atoms. The average molecular weight is 429 g/mol. The molecule has 0 saturated carbocycles. The Kier molecular flexibility index (Phi) is 6.32. The van der Waals surface area contributed by atoms with E-state index in [0.29, 0.717) is 16.9 Å². The minimum atomic E-state index is 0.122. The molecule has 0 aliphatic carbocycles. The van der Waals surface area contributed by atoms with Crippen molar-refractivity contribution in [1.82, 2.24) is 20.0 Å². The third kappa shape index (κ3) is 5.07. The molecule has 0 unspecified atom stereocenters. The van der Waals surface area contributed by atoms with Gasteiger partial charge in [-0.05, 0) is 47.9 Å². The predicted octanol–water partition coefficient (Wildman–Crippen LogP) is 3.85. The SMILES string of the molecule is Cc1ccc(-c2nnc(SCC(=O)N3CCN(Cc4ccsc4)CC3)o2)c(C)c1. The van der Waals surface area contributed by atoms with Crippen molar-refractivity contribution in [2.24, 2.45) is 0 Å². The van der Waals surface area contributed by atoms with Crippen molar-refractivity contribution in [3.05, 3.63) is 51.7 Å². The fourth-order valence-corrected chi connectivity index (χ4v) is 4.77. The maximum atomic E-state index is 12.6. The number of rotatable bonds is 6. The van der Waals surface area contributed by atoms with Gasteiger partial charge in [-0.1, -0.05) is 29.5 Å². The fourth-order valence-electron chi connectivity index (χ4n) is 3.44. The zero-order chi connectivity index (χ0) is 20.2. The van der Waals surface area contributed by atoms with Crippen LogP contribution in [-0.2, 0) is 11.3 Å². The van der Waals surface area contributed by atoms with Gasteiger partial charge in [0.2, 0.25) is 11.8 Å². The summed E-state index contributed by atoms with van der Waals surface area (Å²) in [4.78, 5) is 16.9. The monoisotopic (exact) mass is 428 g/mol. The second-order valence-electron chi connectivity index (χ2n) is 7.27. The molecule has 0 bridgehead atoms. The number of aryl methyl sites for hydroxylation is 2. The van der Waals surface area contributed by atoms with Crippen LogP contribution in [0.5, 0.6) is 0 Å². The summed E-state index contributed by atoms with van der Waals surface area (Å²) in [7, 11) is 0. The summed E-state index contributed by atoms with van der Waals surface area (Å²) in [5.74, 6) is 0.940. The van der Waals surface area contributed by atoms with Crippen LogP contribution in [0.2, 0.25) is 0 Å². The second-order valence-corrected chi connectivity index (χ2v) is 8.98. The first-order valence-electron chi connectivity index (χ1n) is 9.63. The van der Waals surface area contributed by atoms with E-state index in [4.69, 9.17) is 4.42 Å². The molecular weight excluding hydrogens is 404 g/mol. The van der Waals surface area contributed by atoms with Gasteiger partial charge in [-0.2, -0.15) is 11.3 Å². The molecule has 4 rings (SSSR count). The van der Waals surface area contributed by atoms with Crippen LogP contribution in [0.1, 0.15) is 16.7 Å². The molecule has 1 aliphatic rings. The number of nitrogens with zero attached hydrogens (tertiary/aromatic N) is 4. The zero-order valence-corrected chi connectivity index (χ0v) is 18.3. The minimum absolute atomic E-state index is 0.122. The van der Waals surface area contributed by atoms with E-state index >= 15 is 0 Å². The summed E-state index contributed by atoms with van der Waals surface area (Å²) in [6.07, 6.45) is 0. The molecule has 1 fully saturated rings. The van der Waals surface area contributed by atoms with Gasteiger partial charge in [-0.25, -0.2) is 0 Å². The summed E-state index contributed by atoms with van der Waals surface area (Å²) in [6.45, 7) is 8.39. The van der Waals surface area contributed by atoms with Crippen molar-refractivity contribution in [3.63, 3.8) is 0 Å². The molecule has 3 heterocycles. The normalized spacial score (nSPS) is 15.0. The topological polar surface area (TPSA) is 62.5 Å². The predicted molar refractivity (Wildman–Crippen MR) is 116 cm³/mol. The molecule has 0 N–H and O–H groups in total. The highest BCUT2D eigenvalue weighted by Gasteiger charge is 2.22. The number of benzene rings is 1. The van der Waals surface area contributed by atoms with E-state index in [9.17, 15) is 4.79 Å². The van der Waals surface area contributed by atoms with Gasteiger partial charge in [0.25, 0.3) is 5.22 Å². The van der Waals surface area contributed by atoms with Crippen LogP contribution >= 0.6 is 23.1 Å². The molecule has 0 atom stereocenters. The Morgan fingerprint density at radius 3 is 2.72 bits per heavy atom. The Balaban J connectivity index is 1.26. The van der Waals surface area contributed by atoms with Gasteiger partial charge in [0.05, 0.1) is 5.75 Å². The molecule has 1 aromatic carbocycles. The number of thiophene rings is 1. The molecular formula is C21H24N4O2S2. The molecule has 8 heteroatoms. The van der Waals surface area contributed by atoms with E-state index in [1.54, 1.807) is 11.3 Å². The van der Waals surface area contributed by atoms with E-state index in [0.717, 1.165) is 43.9 Å². The van der Waals surface area contributed by atoms with Gasteiger partial charge in [0.1, 0.15) is 0 Å². The highest BCUT2D eigenvalue weighted by atomic mass is 32.2. The van der Waals surface area contributed by atoms with Gasteiger partial charge in [-0.3, -0.25) is 9.69 Å². The molecule has 2 aromatic heterocycles. The Morgan fingerprint density at radius 2 is 2.00 bits per heavy atom. The van der Waals surface area contributed by atoms with Crippen molar-refractivity contribution in [3.8, 4) is 11.5 Å². The molecule has 152 valence electrons. The summed E-state index contributed by atoms with van der Waals surface area (Å²) in [5, 5.41) is 13.0. The number of aromatic nitrogens is 2. The Labute approximate surface area is 178 Å². The number of hydrogen-bond donors (Lipinski definition) is 0. The summed E-state index contributed by atoms with van der Waals surface area (Å²) >= 11 is 3.03. The summed E-state index contributed by atoms with van der Waals surface area (Å²) in [5.41, 5.74) is 4.58. The van der Waals surface area contributed by atoms with Crippen molar-refractivity contribution in [2.45, 2.75) is 25.6 Å². The first-order chi connectivity index (χ1) is 14.1. The summed E-state index contributed by atoms with van der Waals surface area (Å²) in [6, 6.07) is 8.28. The lowest BCUT2D eigenvalue weighted by Crippen LogP contribution is -2.48. The lowest BCUT2D eigenvalue weighted by molar-refractivity contribution is -0.130. The number of hydrogen-bond acceptors (Lipinski definition) is 7. The van der Waals surface area contributed by atoms with E-state index in [2.05, 4.69) is 44.9 Å². The van der Waals surface area contributed by atoms with Crippen LogP contribution in [0, 0.1) is 13.8 Å². The number of amides is 1. The highest BCUT2D eigenvalue weighted by Crippen LogP contribution is 2.26. The first-order valence-corrected chi connectivity index (χ1v) is 11.6. The lowest BCUT2D eigenvalue weighted by atomic mass is 10.1. The Hall–Kier alpha value is -2.16. The third-order valence-electron chi connectivity index (χ3n) is 5.05. The van der Waals surface area contributed by atoms with E-state index < -0.39 is 0 Å². The first kappa shape index (κ1) is 20.1. The quantitative estimate of drug-likeness (QED) is 0.556. The smallest absolute Gasteiger partial charge is 0.277 e. The van der Waals surface area contributed by atoms with Crippen LogP contribution in [0.25, 0.3) is 11.5 Å².